The van der Waals surface area contributed by atoms with Crippen molar-refractivity contribution >= 4 is 23.2 Å². The fraction of sp³-hybridized carbons (Fsp3) is 0.167. The third-order valence-corrected chi connectivity index (χ3v) is 2.98. The maximum Gasteiger partial charge on any atom is 0.277 e. The van der Waals surface area contributed by atoms with E-state index in [2.05, 4.69) is 5.10 Å². The van der Waals surface area contributed by atoms with E-state index in [1.54, 1.807) is 12.2 Å². The Balaban J connectivity index is 2.42. The smallest absolute Gasteiger partial charge is 0.277 e. The van der Waals surface area contributed by atoms with E-state index >= 15 is 0 Å². The second-order valence-corrected chi connectivity index (χ2v) is 4.49. The molecule has 1 heterocycles. The van der Waals surface area contributed by atoms with Crippen molar-refractivity contribution in [3.05, 3.63) is 46.0 Å². The summed E-state index contributed by atoms with van der Waals surface area (Å²) in [5, 5.41) is 5.16. The Morgan fingerprint density at radius 1 is 1.14 bits per heavy atom. The molecular formula is C12H7ClF5N3O. The normalized spacial score (nSPS) is 10.9. The van der Waals surface area contributed by atoms with Crippen molar-refractivity contribution in [1.82, 2.24) is 9.78 Å². The van der Waals surface area contributed by atoms with Gasteiger partial charge in [-0.2, -0.15) is 5.10 Å². The zero-order valence-corrected chi connectivity index (χ0v) is 11.6. The van der Waals surface area contributed by atoms with Gasteiger partial charge in [0.25, 0.3) is 5.91 Å². The van der Waals surface area contributed by atoms with Crippen LogP contribution in [0.1, 0.15) is 17.4 Å². The third-order valence-electron chi connectivity index (χ3n) is 2.70. The van der Waals surface area contributed by atoms with Crippen LogP contribution in [0.5, 0.6) is 0 Å². The number of aryl methyl sites for hydroxylation is 1. The average molecular weight is 340 g/mol. The number of halogens is 6. The van der Waals surface area contributed by atoms with E-state index in [1.807, 2.05) is 0 Å². The van der Waals surface area contributed by atoms with Gasteiger partial charge in [0.1, 0.15) is 5.69 Å². The molecule has 0 aliphatic heterocycles. The minimum absolute atomic E-state index is 0.136. The molecule has 22 heavy (non-hydrogen) atoms. The van der Waals surface area contributed by atoms with Gasteiger partial charge in [-0.3, -0.25) is 9.48 Å². The van der Waals surface area contributed by atoms with Crippen LogP contribution in [-0.4, -0.2) is 15.7 Å². The molecule has 2 aromatic rings. The topological polar surface area (TPSA) is 46.9 Å². The van der Waals surface area contributed by atoms with Crippen LogP contribution in [0.25, 0.3) is 0 Å². The Morgan fingerprint density at radius 2 is 1.64 bits per heavy atom. The van der Waals surface area contributed by atoms with Crippen molar-refractivity contribution in [2.24, 2.45) is 0 Å². The molecule has 0 atom stereocenters. The van der Waals surface area contributed by atoms with Crippen molar-refractivity contribution < 1.29 is 26.7 Å². The molecule has 1 aromatic heterocycles. The lowest BCUT2D eigenvalue weighted by molar-refractivity contribution is 0.102. The van der Waals surface area contributed by atoms with Crippen LogP contribution in [0.15, 0.2) is 6.20 Å². The van der Waals surface area contributed by atoms with Gasteiger partial charge in [-0.15, -0.1) is 0 Å². The first kappa shape index (κ1) is 16.2. The number of aromatic nitrogens is 2. The predicted octanol–water partition coefficient (Wildman–Crippen LogP) is 3.50. The van der Waals surface area contributed by atoms with Crippen LogP contribution in [-0.2, 0) is 6.54 Å². The molecular weight excluding hydrogens is 333 g/mol. The minimum Gasteiger partial charge on any atom is -0.315 e. The van der Waals surface area contributed by atoms with Gasteiger partial charge in [-0.25, -0.2) is 22.0 Å². The predicted molar refractivity (Wildman–Crippen MR) is 67.1 cm³/mol. The summed E-state index contributed by atoms with van der Waals surface area (Å²) < 4.78 is 67.1. The molecule has 0 fully saturated rings. The van der Waals surface area contributed by atoms with Crippen molar-refractivity contribution in [1.29, 1.82) is 0 Å². The first-order chi connectivity index (χ1) is 10.3. The molecule has 0 bridgehead atoms. The molecule has 0 saturated carbocycles. The Kier molecular flexibility index (Phi) is 4.36. The summed E-state index contributed by atoms with van der Waals surface area (Å²) in [6, 6.07) is 0. The number of nitrogens with zero attached hydrogens (tertiary/aromatic N) is 2. The Hall–Kier alpha value is -2.16. The molecule has 1 aromatic carbocycles. The highest BCUT2D eigenvalue weighted by molar-refractivity contribution is 6.34. The molecule has 1 N–H and O–H groups in total. The summed E-state index contributed by atoms with van der Waals surface area (Å²) in [4.78, 5) is 11.8. The molecule has 0 unspecified atom stereocenters. The van der Waals surface area contributed by atoms with Gasteiger partial charge in [0.05, 0.1) is 5.02 Å². The second kappa shape index (κ2) is 5.91. The van der Waals surface area contributed by atoms with Crippen molar-refractivity contribution in [3.63, 3.8) is 0 Å². The Labute approximate surface area is 125 Å². The molecule has 0 saturated heterocycles. The monoisotopic (exact) mass is 339 g/mol. The fourth-order valence-electron chi connectivity index (χ4n) is 1.60. The zero-order valence-electron chi connectivity index (χ0n) is 10.9. The molecule has 2 rings (SSSR count). The van der Waals surface area contributed by atoms with Crippen LogP contribution in [0.3, 0.4) is 0 Å². The van der Waals surface area contributed by atoms with Gasteiger partial charge in [0.2, 0.25) is 5.82 Å². The highest BCUT2D eigenvalue weighted by Gasteiger charge is 2.28. The number of rotatable bonds is 3. The number of amides is 1. The van der Waals surface area contributed by atoms with Crippen molar-refractivity contribution in [3.8, 4) is 0 Å². The summed E-state index contributed by atoms with van der Waals surface area (Å²) in [6.45, 7) is 2.05. The van der Waals surface area contributed by atoms with Crippen LogP contribution in [0.4, 0.5) is 27.6 Å². The number of hydrogen-bond donors (Lipinski definition) is 1. The van der Waals surface area contributed by atoms with Crippen LogP contribution in [0, 0.1) is 29.1 Å². The zero-order chi connectivity index (χ0) is 16.6. The van der Waals surface area contributed by atoms with Crippen LogP contribution < -0.4 is 5.32 Å². The van der Waals surface area contributed by atoms with E-state index in [4.69, 9.17) is 11.6 Å². The van der Waals surface area contributed by atoms with E-state index < -0.39 is 46.4 Å². The third kappa shape index (κ3) is 2.63. The fourth-order valence-corrected chi connectivity index (χ4v) is 1.84. The number of carbonyl (C=O) groups excluding carboxylic acids is 1. The summed E-state index contributed by atoms with van der Waals surface area (Å²) >= 11 is 5.71. The van der Waals surface area contributed by atoms with Gasteiger partial charge in [-0.05, 0) is 6.92 Å². The summed E-state index contributed by atoms with van der Waals surface area (Å²) in [7, 11) is 0. The van der Waals surface area contributed by atoms with Crippen molar-refractivity contribution in [2.75, 3.05) is 5.32 Å². The molecule has 0 spiro atoms. The maximum absolute atomic E-state index is 13.5. The molecule has 1 amide bonds. The lowest BCUT2D eigenvalue weighted by Gasteiger charge is -2.09. The largest absolute Gasteiger partial charge is 0.315 e. The number of benzene rings is 1. The van der Waals surface area contributed by atoms with Gasteiger partial charge >= 0.3 is 0 Å². The number of nitrogens with one attached hydrogen (secondary N) is 1. The standard InChI is InChI=1S/C12H7ClF5N3O/c1-2-21-3-4(13)10(20-21)12(22)19-11-8(17)6(15)5(14)7(16)9(11)18/h3H,2H2,1H3,(H,19,22). The Bertz CT molecular complexity index is 733. The summed E-state index contributed by atoms with van der Waals surface area (Å²) in [5.41, 5.74) is -1.88. The van der Waals surface area contributed by atoms with Crippen LogP contribution >= 0.6 is 11.6 Å². The molecule has 118 valence electrons. The SMILES string of the molecule is CCn1cc(Cl)c(C(=O)Nc2c(F)c(F)c(F)c(F)c2F)n1. The molecule has 0 aliphatic carbocycles. The maximum atomic E-state index is 13.5. The highest BCUT2D eigenvalue weighted by Crippen LogP contribution is 2.28. The molecule has 0 radical (unpaired) electrons. The number of hydrogen-bond acceptors (Lipinski definition) is 2. The first-order valence-corrected chi connectivity index (χ1v) is 6.21. The Morgan fingerprint density at radius 3 is 2.09 bits per heavy atom. The lowest BCUT2D eigenvalue weighted by Crippen LogP contribution is -2.18. The number of carbonyl (C=O) groups is 1. The van der Waals surface area contributed by atoms with Gasteiger partial charge in [-0.1, -0.05) is 11.6 Å². The highest BCUT2D eigenvalue weighted by atomic mass is 35.5. The lowest BCUT2D eigenvalue weighted by atomic mass is 10.2. The van der Waals surface area contributed by atoms with Gasteiger partial charge in [0, 0.05) is 12.7 Å². The molecule has 4 nitrogen and oxygen atoms in total. The van der Waals surface area contributed by atoms with E-state index in [0.717, 1.165) is 0 Å². The van der Waals surface area contributed by atoms with Gasteiger partial charge in [0.15, 0.2) is 29.0 Å². The van der Waals surface area contributed by atoms with Gasteiger partial charge < -0.3 is 5.32 Å². The average Bonchev–Trinajstić information content (AvgIpc) is 2.88. The minimum atomic E-state index is -2.32. The van der Waals surface area contributed by atoms with E-state index in [0.29, 0.717) is 6.54 Å². The summed E-state index contributed by atoms with van der Waals surface area (Å²) in [6.07, 6.45) is 1.27. The molecule has 10 heteroatoms. The van der Waals surface area contributed by atoms with E-state index in [-0.39, 0.29) is 5.02 Å². The number of anilines is 1. The summed E-state index contributed by atoms with van der Waals surface area (Å²) in [5.74, 6) is -12.2. The quantitative estimate of drug-likeness (QED) is 0.528. The molecule has 0 aliphatic rings. The van der Waals surface area contributed by atoms with E-state index in [1.165, 1.54) is 10.9 Å². The van der Waals surface area contributed by atoms with Crippen LogP contribution in [0.2, 0.25) is 5.02 Å². The van der Waals surface area contributed by atoms with E-state index in [9.17, 15) is 26.7 Å². The second-order valence-electron chi connectivity index (χ2n) is 4.08. The van der Waals surface area contributed by atoms with Crippen molar-refractivity contribution in [2.45, 2.75) is 13.5 Å². The first-order valence-electron chi connectivity index (χ1n) is 5.83.